The smallest absolute Gasteiger partial charge is 0.215 e. The topological polar surface area (TPSA) is 62.3 Å². The monoisotopic (exact) mass is 341 g/mol. The number of rotatable bonds is 5. The summed E-state index contributed by atoms with van der Waals surface area (Å²) >= 11 is 9.17. The van der Waals surface area contributed by atoms with E-state index >= 15 is 0 Å². The van der Waals surface area contributed by atoms with E-state index in [1.807, 2.05) is 0 Å². The highest BCUT2D eigenvalue weighted by Crippen LogP contribution is 2.22. The molecule has 0 saturated carbocycles. The van der Waals surface area contributed by atoms with Crippen molar-refractivity contribution in [3.8, 4) is 0 Å². The van der Waals surface area contributed by atoms with Gasteiger partial charge in [0.25, 0.3) is 0 Å². The van der Waals surface area contributed by atoms with E-state index in [1.54, 1.807) is 12.3 Å². The van der Waals surface area contributed by atoms with Gasteiger partial charge in [-0.15, -0.1) is 0 Å². The third-order valence-electron chi connectivity index (χ3n) is 2.02. The number of pyridine rings is 1. The molecule has 0 unspecified atom stereocenters. The van der Waals surface area contributed by atoms with Crippen molar-refractivity contribution in [2.24, 2.45) is 0 Å². The second kappa shape index (κ2) is 5.99. The minimum Gasteiger partial charge on any atom is -0.368 e. The van der Waals surface area contributed by atoms with Gasteiger partial charge < -0.3 is 5.32 Å². The Bertz CT molecular complexity index is 493. The number of nitrogens with one attached hydrogen (secondary N) is 1. The molecule has 0 spiro atoms. The zero-order valence-electron chi connectivity index (χ0n) is 9.44. The first-order valence-corrected chi connectivity index (χ1v) is 7.56. The molecule has 0 radical (unpaired) electrons. The lowest BCUT2D eigenvalue weighted by atomic mass is 10.4. The van der Waals surface area contributed by atoms with Crippen LogP contribution in [0.15, 0.2) is 16.7 Å². The highest BCUT2D eigenvalue weighted by Gasteiger charge is 2.13. The van der Waals surface area contributed by atoms with Crippen molar-refractivity contribution in [1.82, 2.24) is 9.29 Å². The van der Waals surface area contributed by atoms with Crippen LogP contribution in [0.25, 0.3) is 0 Å². The largest absolute Gasteiger partial charge is 0.368 e. The summed E-state index contributed by atoms with van der Waals surface area (Å²) in [5.41, 5.74) is 0. The molecule has 1 aromatic heterocycles. The normalized spacial score (nSPS) is 11.8. The fourth-order valence-corrected chi connectivity index (χ4v) is 2.45. The zero-order valence-corrected chi connectivity index (χ0v) is 12.6. The third kappa shape index (κ3) is 4.42. The number of halogens is 2. The van der Waals surface area contributed by atoms with Gasteiger partial charge in [-0.1, -0.05) is 11.6 Å². The predicted octanol–water partition coefficient (Wildman–Crippen LogP) is 1.80. The molecule has 0 aromatic carbocycles. The molecule has 0 amide bonds. The summed E-state index contributed by atoms with van der Waals surface area (Å²) in [6, 6.07) is 1.69. The highest BCUT2D eigenvalue weighted by atomic mass is 79.9. The van der Waals surface area contributed by atoms with E-state index in [0.29, 0.717) is 10.8 Å². The summed E-state index contributed by atoms with van der Waals surface area (Å²) in [5, 5.41) is 3.33. The number of anilines is 1. The highest BCUT2D eigenvalue weighted by molar-refractivity contribution is 9.10. The van der Waals surface area contributed by atoms with Crippen molar-refractivity contribution in [3.05, 3.63) is 21.8 Å². The predicted molar refractivity (Wildman–Crippen MR) is 72.9 cm³/mol. The molecule has 0 fully saturated rings. The van der Waals surface area contributed by atoms with E-state index < -0.39 is 10.0 Å². The average Bonchev–Trinajstić information content (AvgIpc) is 2.21. The van der Waals surface area contributed by atoms with Gasteiger partial charge in [-0.25, -0.2) is 17.7 Å². The molecule has 1 N–H and O–H groups in total. The van der Waals surface area contributed by atoms with Crippen LogP contribution in [0.2, 0.25) is 5.02 Å². The fourth-order valence-electron chi connectivity index (χ4n) is 1.03. The van der Waals surface area contributed by atoms with Crippen LogP contribution in [0, 0.1) is 0 Å². The molecule has 5 nitrogen and oxygen atoms in total. The van der Waals surface area contributed by atoms with Gasteiger partial charge >= 0.3 is 0 Å². The van der Waals surface area contributed by atoms with Crippen molar-refractivity contribution < 1.29 is 8.42 Å². The molecule has 0 atom stereocenters. The minimum absolute atomic E-state index is 0.00588. The second-order valence-corrected chi connectivity index (χ2v) is 7.13. The lowest BCUT2D eigenvalue weighted by molar-refractivity contribution is 0.521. The SMILES string of the molecule is CN(C)S(=O)(=O)CCNc1ncc(Br)cc1Cl. The van der Waals surface area contributed by atoms with Crippen molar-refractivity contribution in [2.75, 3.05) is 31.7 Å². The standard InChI is InChI=1S/C9H13BrClN3O2S/c1-14(2)17(15,16)4-3-12-9-8(11)5-7(10)6-13-9/h5-6H,3-4H2,1-2H3,(H,12,13). The number of aromatic nitrogens is 1. The van der Waals surface area contributed by atoms with Gasteiger partial charge in [0.05, 0.1) is 10.8 Å². The van der Waals surface area contributed by atoms with Crippen molar-refractivity contribution in [1.29, 1.82) is 0 Å². The summed E-state index contributed by atoms with van der Waals surface area (Å²) < 4.78 is 24.9. The molecule has 96 valence electrons. The minimum atomic E-state index is -3.20. The van der Waals surface area contributed by atoms with E-state index in [4.69, 9.17) is 11.6 Å². The fraction of sp³-hybridized carbons (Fsp3) is 0.444. The summed E-state index contributed by atoms with van der Waals surface area (Å²) in [6.07, 6.45) is 1.59. The number of sulfonamides is 1. The summed E-state index contributed by atoms with van der Waals surface area (Å²) in [5.74, 6) is 0.470. The Hall–Kier alpha value is -0.370. The Morgan fingerprint density at radius 2 is 2.18 bits per heavy atom. The summed E-state index contributed by atoms with van der Waals surface area (Å²) in [4.78, 5) is 4.04. The summed E-state index contributed by atoms with van der Waals surface area (Å²) in [6.45, 7) is 0.259. The number of hydrogen-bond donors (Lipinski definition) is 1. The molecule has 1 rings (SSSR count). The van der Waals surface area contributed by atoms with Crippen LogP contribution in [0.3, 0.4) is 0 Å². The maximum atomic E-state index is 11.5. The molecule has 1 aromatic rings. The van der Waals surface area contributed by atoms with Gasteiger partial charge in [0, 0.05) is 31.3 Å². The Labute approximate surface area is 114 Å². The molecular weight excluding hydrogens is 330 g/mol. The molecule has 1 heterocycles. The van der Waals surface area contributed by atoms with Crippen LogP contribution in [-0.4, -0.2) is 44.1 Å². The Kier molecular flexibility index (Phi) is 5.18. The lowest BCUT2D eigenvalue weighted by Crippen LogP contribution is -2.28. The Morgan fingerprint density at radius 1 is 1.53 bits per heavy atom. The molecule has 0 bridgehead atoms. The van der Waals surface area contributed by atoms with Crippen molar-refractivity contribution in [3.63, 3.8) is 0 Å². The molecule has 17 heavy (non-hydrogen) atoms. The maximum Gasteiger partial charge on any atom is 0.215 e. The van der Waals surface area contributed by atoms with Gasteiger partial charge in [-0.05, 0) is 22.0 Å². The van der Waals surface area contributed by atoms with Gasteiger partial charge in [-0.2, -0.15) is 0 Å². The lowest BCUT2D eigenvalue weighted by Gasteiger charge is -2.12. The van der Waals surface area contributed by atoms with Gasteiger partial charge in [0.2, 0.25) is 10.0 Å². The van der Waals surface area contributed by atoms with E-state index in [2.05, 4.69) is 26.2 Å². The number of hydrogen-bond acceptors (Lipinski definition) is 4. The quantitative estimate of drug-likeness (QED) is 0.886. The molecule has 0 aliphatic heterocycles. The van der Waals surface area contributed by atoms with Crippen LogP contribution in [0.5, 0.6) is 0 Å². The van der Waals surface area contributed by atoms with Gasteiger partial charge in [0.1, 0.15) is 5.82 Å². The van der Waals surface area contributed by atoms with E-state index in [0.717, 1.165) is 4.47 Å². The first-order chi connectivity index (χ1) is 7.83. The molecule has 0 aliphatic carbocycles. The number of nitrogens with zero attached hydrogens (tertiary/aromatic N) is 2. The summed E-state index contributed by atoms with van der Waals surface area (Å²) in [7, 11) is -0.198. The van der Waals surface area contributed by atoms with Gasteiger partial charge in [0.15, 0.2) is 0 Å². The van der Waals surface area contributed by atoms with Crippen LogP contribution in [-0.2, 0) is 10.0 Å². The second-order valence-electron chi connectivity index (χ2n) is 3.51. The van der Waals surface area contributed by atoms with Crippen molar-refractivity contribution >= 4 is 43.4 Å². The maximum absolute atomic E-state index is 11.5. The van der Waals surface area contributed by atoms with E-state index in [-0.39, 0.29) is 12.3 Å². The van der Waals surface area contributed by atoms with Crippen molar-refractivity contribution in [2.45, 2.75) is 0 Å². The van der Waals surface area contributed by atoms with Gasteiger partial charge in [-0.3, -0.25) is 0 Å². The van der Waals surface area contributed by atoms with E-state index in [9.17, 15) is 8.42 Å². The Balaban J connectivity index is 2.58. The van der Waals surface area contributed by atoms with Crippen LogP contribution in [0.1, 0.15) is 0 Å². The molecule has 0 saturated heterocycles. The van der Waals surface area contributed by atoms with Crippen LogP contribution < -0.4 is 5.32 Å². The molecular formula is C9H13BrClN3O2S. The van der Waals surface area contributed by atoms with E-state index in [1.165, 1.54) is 18.4 Å². The zero-order chi connectivity index (χ0) is 13.1. The first kappa shape index (κ1) is 14.7. The van der Waals surface area contributed by atoms with Crippen LogP contribution >= 0.6 is 27.5 Å². The Morgan fingerprint density at radius 3 is 2.71 bits per heavy atom. The average molecular weight is 343 g/mol. The third-order valence-corrected chi connectivity index (χ3v) is 4.57. The molecule has 8 heteroatoms. The van der Waals surface area contributed by atoms with Crippen LogP contribution in [0.4, 0.5) is 5.82 Å². The first-order valence-electron chi connectivity index (χ1n) is 4.78. The molecule has 0 aliphatic rings.